The maximum absolute atomic E-state index is 5.56. The molecule has 3 N–H and O–H groups in total. The summed E-state index contributed by atoms with van der Waals surface area (Å²) < 4.78 is 1.11. The Morgan fingerprint density at radius 1 is 1.20 bits per heavy atom. The van der Waals surface area contributed by atoms with Crippen LogP contribution < -0.4 is 11.1 Å². The lowest BCUT2D eigenvalue weighted by molar-refractivity contribution is 1.17. The molecular weight excluding hydrogens is 303 g/mol. The molecule has 0 saturated heterocycles. The van der Waals surface area contributed by atoms with Gasteiger partial charge in [0, 0.05) is 9.77 Å². The monoisotopic (exact) mass is 312 g/mol. The Kier molecular flexibility index (Phi) is 3.00. The van der Waals surface area contributed by atoms with Gasteiger partial charge in [0.15, 0.2) is 0 Å². The van der Waals surface area contributed by atoms with Gasteiger partial charge in [0.05, 0.1) is 5.69 Å². The van der Waals surface area contributed by atoms with Gasteiger partial charge in [-0.1, -0.05) is 12.1 Å². The average Bonchev–Trinajstić information content (AvgIpc) is 2.22. The lowest BCUT2D eigenvalue weighted by Crippen LogP contribution is -2.00. The zero-order valence-corrected chi connectivity index (χ0v) is 9.97. The van der Waals surface area contributed by atoms with E-state index in [0.717, 1.165) is 9.26 Å². The second kappa shape index (κ2) is 4.43. The number of aromatic nitrogens is 2. The fourth-order valence-electron chi connectivity index (χ4n) is 1.12. The standard InChI is InChI=1S/C10H9IN4/c11-7-3-1-2-4-8(7)14-10-13-6-5-9(12)15-10/h1-6H,(H3,12,13,14,15). The normalized spacial score (nSPS) is 9.93. The molecule has 0 bridgehead atoms. The molecule has 15 heavy (non-hydrogen) atoms. The molecule has 1 heterocycles. The van der Waals surface area contributed by atoms with Crippen LogP contribution >= 0.6 is 22.6 Å². The van der Waals surface area contributed by atoms with E-state index in [4.69, 9.17) is 5.73 Å². The smallest absolute Gasteiger partial charge is 0.229 e. The van der Waals surface area contributed by atoms with E-state index in [1.807, 2.05) is 24.3 Å². The van der Waals surface area contributed by atoms with Crippen LogP contribution in [0, 0.1) is 3.57 Å². The topological polar surface area (TPSA) is 63.8 Å². The molecule has 76 valence electrons. The van der Waals surface area contributed by atoms with Crippen molar-refractivity contribution < 1.29 is 0 Å². The maximum atomic E-state index is 5.56. The Balaban J connectivity index is 2.26. The lowest BCUT2D eigenvalue weighted by Gasteiger charge is -2.06. The zero-order valence-electron chi connectivity index (χ0n) is 7.81. The Bertz CT molecular complexity index is 472. The molecule has 5 heteroatoms. The van der Waals surface area contributed by atoms with Crippen LogP contribution in [0.25, 0.3) is 0 Å². The molecule has 0 amide bonds. The molecule has 0 saturated carbocycles. The number of rotatable bonds is 2. The molecule has 0 aliphatic rings. The van der Waals surface area contributed by atoms with Crippen molar-refractivity contribution in [1.82, 2.24) is 9.97 Å². The van der Waals surface area contributed by atoms with E-state index in [0.29, 0.717) is 11.8 Å². The summed E-state index contributed by atoms with van der Waals surface area (Å²) in [7, 11) is 0. The highest BCUT2D eigenvalue weighted by atomic mass is 127. The van der Waals surface area contributed by atoms with Gasteiger partial charge in [-0.05, 0) is 40.8 Å². The first kappa shape index (κ1) is 10.2. The van der Waals surface area contributed by atoms with Gasteiger partial charge in [0.2, 0.25) is 5.95 Å². The third kappa shape index (κ3) is 2.56. The number of para-hydroxylation sites is 1. The summed E-state index contributed by atoms with van der Waals surface area (Å²) in [4.78, 5) is 8.13. The van der Waals surface area contributed by atoms with Crippen molar-refractivity contribution in [2.24, 2.45) is 0 Å². The summed E-state index contributed by atoms with van der Waals surface area (Å²) >= 11 is 2.25. The molecule has 2 aromatic rings. The number of hydrogen-bond acceptors (Lipinski definition) is 4. The summed E-state index contributed by atoms with van der Waals surface area (Å²) in [5, 5.41) is 3.10. The Labute approximate surface area is 101 Å². The van der Waals surface area contributed by atoms with Crippen molar-refractivity contribution in [2.45, 2.75) is 0 Å². The van der Waals surface area contributed by atoms with E-state index in [1.54, 1.807) is 12.3 Å². The molecule has 0 aliphatic heterocycles. The van der Waals surface area contributed by atoms with E-state index in [2.05, 4.69) is 37.9 Å². The fraction of sp³-hybridized carbons (Fsp3) is 0. The summed E-state index contributed by atoms with van der Waals surface area (Å²) in [5.41, 5.74) is 6.53. The molecule has 0 spiro atoms. The molecule has 0 aliphatic carbocycles. The van der Waals surface area contributed by atoms with Gasteiger partial charge in [-0.15, -0.1) is 0 Å². The fourth-order valence-corrected chi connectivity index (χ4v) is 1.64. The van der Waals surface area contributed by atoms with Crippen molar-refractivity contribution in [1.29, 1.82) is 0 Å². The Morgan fingerprint density at radius 3 is 2.73 bits per heavy atom. The third-order valence-corrected chi connectivity index (χ3v) is 2.74. The number of nitrogens with zero attached hydrogens (tertiary/aromatic N) is 2. The first-order chi connectivity index (χ1) is 7.25. The zero-order chi connectivity index (χ0) is 10.7. The molecular formula is C10H9IN4. The highest BCUT2D eigenvalue weighted by molar-refractivity contribution is 14.1. The van der Waals surface area contributed by atoms with E-state index < -0.39 is 0 Å². The molecule has 1 aromatic carbocycles. The summed E-state index contributed by atoms with van der Waals surface area (Å²) in [6.45, 7) is 0. The summed E-state index contributed by atoms with van der Waals surface area (Å²) in [6.07, 6.45) is 1.63. The summed E-state index contributed by atoms with van der Waals surface area (Å²) in [6, 6.07) is 9.56. The SMILES string of the molecule is Nc1ccnc(Nc2ccccc2I)n1. The van der Waals surface area contributed by atoms with Crippen LogP contribution in [0.4, 0.5) is 17.5 Å². The molecule has 0 fully saturated rings. The van der Waals surface area contributed by atoms with Gasteiger partial charge < -0.3 is 11.1 Å². The van der Waals surface area contributed by atoms with Gasteiger partial charge in [-0.25, -0.2) is 4.98 Å². The minimum Gasteiger partial charge on any atom is -0.384 e. The number of anilines is 3. The molecule has 0 unspecified atom stereocenters. The Morgan fingerprint density at radius 2 is 2.00 bits per heavy atom. The average molecular weight is 312 g/mol. The minimum absolute atomic E-state index is 0.457. The van der Waals surface area contributed by atoms with Crippen molar-refractivity contribution in [3.8, 4) is 0 Å². The number of nitrogens with one attached hydrogen (secondary N) is 1. The second-order valence-corrected chi connectivity index (χ2v) is 4.07. The minimum atomic E-state index is 0.457. The highest BCUT2D eigenvalue weighted by Crippen LogP contribution is 2.19. The number of halogens is 1. The Hall–Kier alpha value is -1.37. The van der Waals surface area contributed by atoms with Crippen LogP contribution in [-0.2, 0) is 0 Å². The van der Waals surface area contributed by atoms with Gasteiger partial charge >= 0.3 is 0 Å². The maximum Gasteiger partial charge on any atom is 0.229 e. The summed E-state index contributed by atoms with van der Waals surface area (Å²) in [5.74, 6) is 0.970. The number of benzene rings is 1. The van der Waals surface area contributed by atoms with Crippen LogP contribution in [0.15, 0.2) is 36.5 Å². The second-order valence-electron chi connectivity index (χ2n) is 2.91. The van der Waals surface area contributed by atoms with Gasteiger partial charge in [-0.3, -0.25) is 0 Å². The van der Waals surface area contributed by atoms with Crippen LogP contribution in [-0.4, -0.2) is 9.97 Å². The first-order valence-corrected chi connectivity index (χ1v) is 5.43. The molecule has 2 rings (SSSR count). The van der Waals surface area contributed by atoms with Crippen molar-refractivity contribution >= 4 is 40.0 Å². The molecule has 4 nitrogen and oxygen atoms in total. The van der Waals surface area contributed by atoms with Crippen molar-refractivity contribution in [3.63, 3.8) is 0 Å². The van der Waals surface area contributed by atoms with Gasteiger partial charge in [0.1, 0.15) is 5.82 Å². The first-order valence-electron chi connectivity index (χ1n) is 4.36. The van der Waals surface area contributed by atoms with E-state index >= 15 is 0 Å². The molecule has 1 aromatic heterocycles. The van der Waals surface area contributed by atoms with Crippen molar-refractivity contribution in [2.75, 3.05) is 11.1 Å². The predicted octanol–water partition coefficient (Wildman–Crippen LogP) is 2.41. The number of nitrogen functional groups attached to an aromatic ring is 1. The van der Waals surface area contributed by atoms with Crippen LogP contribution in [0.2, 0.25) is 0 Å². The predicted molar refractivity (Wildman–Crippen MR) is 68.9 cm³/mol. The van der Waals surface area contributed by atoms with Gasteiger partial charge in [0.25, 0.3) is 0 Å². The number of nitrogens with two attached hydrogens (primary N) is 1. The third-order valence-electron chi connectivity index (χ3n) is 1.80. The number of hydrogen-bond donors (Lipinski definition) is 2. The van der Waals surface area contributed by atoms with E-state index in [1.165, 1.54) is 0 Å². The van der Waals surface area contributed by atoms with Gasteiger partial charge in [-0.2, -0.15) is 4.98 Å². The van der Waals surface area contributed by atoms with E-state index in [-0.39, 0.29) is 0 Å². The van der Waals surface area contributed by atoms with Crippen molar-refractivity contribution in [3.05, 3.63) is 40.1 Å². The lowest BCUT2D eigenvalue weighted by atomic mass is 10.3. The van der Waals surface area contributed by atoms with Crippen LogP contribution in [0.1, 0.15) is 0 Å². The van der Waals surface area contributed by atoms with Crippen LogP contribution in [0.5, 0.6) is 0 Å². The quantitative estimate of drug-likeness (QED) is 0.836. The molecule has 0 atom stereocenters. The highest BCUT2D eigenvalue weighted by Gasteiger charge is 2.00. The molecule has 0 radical (unpaired) electrons. The van der Waals surface area contributed by atoms with Crippen LogP contribution in [0.3, 0.4) is 0 Å². The largest absolute Gasteiger partial charge is 0.384 e. The van der Waals surface area contributed by atoms with E-state index in [9.17, 15) is 0 Å².